The zero-order valence-corrected chi connectivity index (χ0v) is 14.1. The Morgan fingerprint density at radius 3 is 2.77 bits per heavy atom. The molecule has 0 N–H and O–H groups in total. The van der Waals surface area contributed by atoms with E-state index >= 15 is 0 Å². The minimum Gasteiger partial charge on any atom is -0.370 e. The highest BCUT2D eigenvalue weighted by atomic mass is 35.5. The third-order valence-electron chi connectivity index (χ3n) is 3.60. The van der Waals surface area contributed by atoms with Crippen molar-refractivity contribution < 1.29 is 17.9 Å². The van der Waals surface area contributed by atoms with Crippen LogP contribution in [0.25, 0.3) is 0 Å². The quantitative estimate of drug-likeness (QED) is 0.819. The number of hydrogen-bond acceptors (Lipinski definition) is 4. The Labute approximate surface area is 135 Å². The van der Waals surface area contributed by atoms with Crippen molar-refractivity contribution in [1.82, 2.24) is 9.21 Å². The number of carbonyl (C=O) groups is 1. The number of benzene rings is 1. The maximum Gasteiger partial charge on any atom is 0.238 e. The van der Waals surface area contributed by atoms with Gasteiger partial charge in [0.2, 0.25) is 15.9 Å². The number of sulfonamides is 1. The van der Waals surface area contributed by atoms with Gasteiger partial charge in [-0.3, -0.25) is 4.79 Å². The molecular weight excluding hydrogens is 328 g/mol. The van der Waals surface area contributed by atoms with Crippen LogP contribution in [0.3, 0.4) is 0 Å². The van der Waals surface area contributed by atoms with Crippen LogP contribution in [-0.2, 0) is 19.6 Å². The molecule has 1 aliphatic rings. The molecule has 1 aromatic carbocycles. The molecule has 1 heterocycles. The highest BCUT2D eigenvalue weighted by Crippen LogP contribution is 2.28. The molecule has 22 heavy (non-hydrogen) atoms. The fraction of sp³-hybridized carbons (Fsp3) is 0.500. The molecule has 1 amide bonds. The summed E-state index contributed by atoms with van der Waals surface area (Å²) in [7, 11) is -1.99. The lowest BCUT2D eigenvalue weighted by Crippen LogP contribution is -2.46. The van der Waals surface area contributed by atoms with E-state index in [4.69, 9.17) is 16.3 Å². The smallest absolute Gasteiger partial charge is 0.238 e. The van der Waals surface area contributed by atoms with E-state index in [0.717, 1.165) is 16.1 Å². The lowest BCUT2D eigenvalue weighted by molar-refractivity contribution is -0.139. The Morgan fingerprint density at radius 2 is 2.14 bits per heavy atom. The van der Waals surface area contributed by atoms with Gasteiger partial charge < -0.3 is 9.64 Å². The monoisotopic (exact) mass is 346 g/mol. The molecule has 0 bridgehead atoms. The second-order valence-corrected chi connectivity index (χ2v) is 7.74. The Balaban J connectivity index is 2.05. The van der Waals surface area contributed by atoms with Crippen LogP contribution in [0.4, 0.5) is 0 Å². The van der Waals surface area contributed by atoms with E-state index in [9.17, 15) is 13.2 Å². The SMILES string of the molecule is CN(CC(=O)N1CCOC(c2ccccc2Cl)C1)S(C)(=O)=O. The van der Waals surface area contributed by atoms with Gasteiger partial charge in [0.05, 0.1) is 26.0 Å². The van der Waals surface area contributed by atoms with Crippen LogP contribution >= 0.6 is 11.6 Å². The Hall–Kier alpha value is -1.15. The van der Waals surface area contributed by atoms with Crippen LogP contribution in [0, 0.1) is 0 Å². The van der Waals surface area contributed by atoms with Crippen LogP contribution < -0.4 is 0 Å². The van der Waals surface area contributed by atoms with Crippen LogP contribution in [0.5, 0.6) is 0 Å². The normalized spacial score (nSPS) is 19.5. The molecular formula is C14H19ClN2O4S. The molecule has 122 valence electrons. The summed E-state index contributed by atoms with van der Waals surface area (Å²) >= 11 is 6.16. The molecule has 1 fully saturated rings. The predicted octanol–water partition coefficient (Wildman–Crippen LogP) is 1.13. The van der Waals surface area contributed by atoms with E-state index in [1.165, 1.54) is 7.05 Å². The first-order valence-electron chi connectivity index (χ1n) is 6.84. The molecule has 0 aliphatic carbocycles. The van der Waals surface area contributed by atoms with Crippen LogP contribution in [0.1, 0.15) is 11.7 Å². The molecule has 8 heteroatoms. The van der Waals surface area contributed by atoms with Crippen molar-refractivity contribution in [1.29, 1.82) is 0 Å². The first-order chi connectivity index (χ1) is 10.3. The molecule has 6 nitrogen and oxygen atoms in total. The molecule has 1 aliphatic heterocycles. The first kappa shape index (κ1) is 17.2. The van der Waals surface area contributed by atoms with Crippen molar-refractivity contribution in [2.24, 2.45) is 0 Å². The molecule has 0 saturated carbocycles. The lowest BCUT2D eigenvalue weighted by Gasteiger charge is -2.34. The molecule has 0 spiro atoms. The molecule has 1 aromatic rings. The second-order valence-electron chi connectivity index (χ2n) is 5.24. The number of ether oxygens (including phenoxy) is 1. The topological polar surface area (TPSA) is 66.9 Å². The van der Waals surface area contributed by atoms with Gasteiger partial charge >= 0.3 is 0 Å². The summed E-state index contributed by atoms with van der Waals surface area (Å²) in [6, 6.07) is 7.34. The lowest BCUT2D eigenvalue weighted by atomic mass is 10.1. The molecule has 0 radical (unpaired) electrons. The molecule has 1 saturated heterocycles. The van der Waals surface area contributed by atoms with Crippen molar-refractivity contribution in [3.63, 3.8) is 0 Å². The third kappa shape index (κ3) is 4.19. The molecule has 0 aromatic heterocycles. The van der Waals surface area contributed by atoms with E-state index in [-0.39, 0.29) is 18.6 Å². The number of nitrogens with zero attached hydrogens (tertiary/aromatic N) is 2. The van der Waals surface area contributed by atoms with E-state index in [0.29, 0.717) is 24.7 Å². The highest BCUT2D eigenvalue weighted by Gasteiger charge is 2.28. The van der Waals surface area contributed by atoms with Gasteiger partial charge in [-0.05, 0) is 6.07 Å². The van der Waals surface area contributed by atoms with Gasteiger partial charge in [0.15, 0.2) is 0 Å². The van der Waals surface area contributed by atoms with E-state index < -0.39 is 10.0 Å². The fourth-order valence-corrected chi connectivity index (χ4v) is 2.81. The highest BCUT2D eigenvalue weighted by molar-refractivity contribution is 7.88. The van der Waals surface area contributed by atoms with Crippen molar-refractivity contribution in [3.05, 3.63) is 34.9 Å². The third-order valence-corrected chi connectivity index (χ3v) is 5.20. The van der Waals surface area contributed by atoms with Crippen LogP contribution in [-0.4, -0.2) is 63.1 Å². The standard InChI is InChI=1S/C14H19ClN2O4S/c1-16(22(2,19)20)10-14(18)17-7-8-21-13(9-17)11-5-3-4-6-12(11)15/h3-6,13H,7-10H2,1-2H3. The maximum atomic E-state index is 12.2. The Morgan fingerprint density at radius 1 is 1.45 bits per heavy atom. The van der Waals surface area contributed by atoms with Crippen molar-refractivity contribution in [2.75, 3.05) is 39.5 Å². The van der Waals surface area contributed by atoms with Gasteiger partial charge in [-0.15, -0.1) is 0 Å². The zero-order chi connectivity index (χ0) is 16.3. The molecule has 1 unspecified atom stereocenters. The van der Waals surface area contributed by atoms with Crippen molar-refractivity contribution in [2.45, 2.75) is 6.10 Å². The number of hydrogen-bond donors (Lipinski definition) is 0. The van der Waals surface area contributed by atoms with Gasteiger partial charge in [-0.2, -0.15) is 4.31 Å². The second kappa shape index (κ2) is 6.95. The van der Waals surface area contributed by atoms with Gasteiger partial charge in [-0.25, -0.2) is 8.42 Å². The number of amides is 1. The summed E-state index contributed by atoms with van der Waals surface area (Å²) in [5.41, 5.74) is 0.832. The van der Waals surface area contributed by atoms with E-state index in [1.54, 1.807) is 11.0 Å². The summed E-state index contributed by atoms with van der Waals surface area (Å²) in [5.74, 6) is -0.242. The Kier molecular flexibility index (Phi) is 5.44. The number of rotatable bonds is 4. The van der Waals surface area contributed by atoms with Gasteiger partial charge in [0.25, 0.3) is 0 Å². The van der Waals surface area contributed by atoms with Gasteiger partial charge in [-0.1, -0.05) is 29.8 Å². The maximum absolute atomic E-state index is 12.2. The average molecular weight is 347 g/mol. The van der Waals surface area contributed by atoms with E-state index in [1.807, 2.05) is 18.2 Å². The minimum atomic E-state index is -3.38. The fourth-order valence-electron chi connectivity index (χ4n) is 2.21. The largest absolute Gasteiger partial charge is 0.370 e. The summed E-state index contributed by atoms with van der Waals surface area (Å²) < 4.78 is 29.5. The average Bonchev–Trinajstić information content (AvgIpc) is 2.47. The van der Waals surface area contributed by atoms with Crippen molar-refractivity contribution >= 4 is 27.5 Å². The number of halogens is 1. The predicted molar refractivity (Wildman–Crippen MR) is 84.2 cm³/mol. The molecule has 1 atom stereocenters. The summed E-state index contributed by atoms with van der Waals surface area (Å²) in [4.78, 5) is 13.9. The minimum absolute atomic E-state index is 0.173. The van der Waals surface area contributed by atoms with Crippen molar-refractivity contribution in [3.8, 4) is 0 Å². The number of carbonyl (C=O) groups excluding carboxylic acids is 1. The zero-order valence-electron chi connectivity index (χ0n) is 12.5. The molecule has 2 rings (SSSR count). The summed E-state index contributed by atoms with van der Waals surface area (Å²) in [6.45, 7) is 1.02. The number of morpholine rings is 1. The van der Waals surface area contributed by atoms with Crippen LogP contribution in [0.15, 0.2) is 24.3 Å². The van der Waals surface area contributed by atoms with Gasteiger partial charge in [0.1, 0.15) is 6.10 Å². The summed E-state index contributed by atoms with van der Waals surface area (Å²) in [5, 5.41) is 0.593. The summed E-state index contributed by atoms with van der Waals surface area (Å²) in [6.07, 6.45) is 0.779. The Bertz CT molecular complexity index is 650. The van der Waals surface area contributed by atoms with Crippen LogP contribution in [0.2, 0.25) is 5.02 Å². The van der Waals surface area contributed by atoms with Gasteiger partial charge in [0, 0.05) is 24.2 Å². The first-order valence-corrected chi connectivity index (χ1v) is 9.07. The number of likely N-dealkylation sites (N-methyl/N-ethyl adjacent to an activating group) is 1. The van der Waals surface area contributed by atoms with E-state index in [2.05, 4.69) is 0 Å².